The van der Waals surface area contributed by atoms with Crippen LogP contribution in [0.25, 0.3) is 0 Å². The van der Waals surface area contributed by atoms with E-state index in [-0.39, 0.29) is 11.8 Å². The highest BCUT2D eigenvalue weighted by Gasteiger charge is 2.36. The second-order valence-electron chi connectivity index (χ2n) is 6.58. The molecule has 0 bridgehead atoms. The fraction of sp³-hybridized carbons (Fsp3) is 0.846. The van der Waals surface area contributed by atoms with Gasteiger partial charge in [-0.25, -0.2) is 17.5 Å². The van der Waals surface area contributed by atoms with Gasteiger partial charge in [0.05, 0.1) is 6.26 Å². The summed E-state index contributed by atoms with van der Waals surface area (Å²) in [4.78, 5) is 23.4. The Morgan fingerprint density at radius 1 is 1.24 bits per heavy atom. The van der Waals surface area contributed by atoms with E-state index < -0.39 is 27.4 Å². The summed E-state index contributed by atoms with van der Waals surface area (Å²) in [6, 6.07) is -0.960. The van der Waals surface area contributed by atoms with Crippen molar-refractivity contribution in [2.24, 2.45) is 11.3 Å². The van der Waals surface area contributed by atoms with Crippen LogP contribution < -0.4 is 5.32 Å². The molecule has 0 aromatic rings. The Morgan fingerprint density at radius 2 is 1.71 bits per heavy atom. The molecule has 2 N–H and O–H groups in total. The monoisotopic (exact) mass is 320 g/mol. The van der Waals surface area contributed by atoms with Crippen LogP contribution in [0.4, 0.5) is 0 Å². The summed E-state index contributed by atoms with van der Waals surface area (Å²) in [5.41, 5.74) is -0.588. The van der Waals surface area contributed by atoms with Gasteiger partial charge in [-0.15, -0.1) is 0 Å². The predicted octanol–water partition coefficient (Wildman–Crippen LogP) is 0.274. The first-order valence-corrected chi connectivity index (χ1v) is 8.76. The highest BCUT2D eigenvalue weighted by atomic mass is 32.2. The van der Waals surface area contributed by atoms with Crippen molar-refractivity contribution >= 4 is 21.9 Å². The number of carboxylic acid groups (broad SMARTS) is 1. The fourth-order valence-electron chi connectivity index (χ4n) is 2.36. The SMILES string of the molecule is CC(C)(C)[C@H](NC(=O)C1CCN(S(C)(=O)=O)CC1)C(=O)O. The van der Waals surface area contributed by atoms with E-state index in [2.05, 4.69) is 5.32 Å². The van der Waals surface area contributed by atoms with Crippen molar-refractivity contribution in [3.05, 3.63) is 0 Å². The first-order chi connectivity index (χ1) is 9.43. The number of rotatable bonds is 4. The molecule has 1 aliphatic heterocycles. The molecular formula is C13H24N2O5S. The number of nitrogens with one attached hydrogen (secondary N) is 1. The van der Waals surface area contributed by atoms with E-state index >= 15 is 0 Å². The van der Waals surface area contributed by atoms with Crippen molar-refractivity contribution in [2.45, 2.75) is 39.7 Å². The summed E-state index contributed by atoms with van der Waals surface area (Å²) in [5, 5.41) is 11.8. The number of amides is 1. The topological polar surface area (TPSA) is 104 Å². The molecule has 0 spiro atoms. The zero-order valence-electron chi connectivity index (χ0n) is 12.9. The third kappa shape index (κ3) is 4.96. The van der Waals surface area contributed by atoms with Crippen LogP contribution in [0.3, 0.4) is 0 Å². The Labute approximate surface area is 125 Å². The molecule has 7 nitrogen and oxygen atoms in total. The number of sulfonamides is 1. The van der Waals surface area contributed by atoms with Crippen molar-refractivity contribution in [1.29, 1.82) is 0 Å². The summed E-state index contributed by atoms with van der Waals surface area (Å²) in [6.45, 7) is 5.84. The Balaban J connectivity index is 2.64. The third-order valence-electron chi connectivity index (χ3n) is 3.69. The summed E-state index contributed by atoms with van der Waals surface area (Å²) in [7, 11) is -3.23. The summed E-state index contributed by atoms with van der Waals surface area (Å²) in [6.07, 6.45) is 1.97. The minimum Gasteiger partial charge on any atom is -0.480 e. The average molecular weight is 320 g/mol. The van der Waals surface area contributed by atoms with E-state index in [1.807, 2.05) is 0 Å². The quantitative estimate of drug-likeness (QED) is 0.774. The van der Waals surface area contributed by atoms with Crippen LogP contribution in [0.5, 0.6) is 0 Å². The van der Waals surface area contributed by atoms with Gasteiger partial charge in [0.15, 0.2) is 0 Å². The van der Waals surface area contributed by atoms with Gasteiger partial charge in [0, 0.05) is 19.0 Å². The summed E-state index contributed by atoms with van der Waals surface area (Å²) in [5.74, 6) is -1.72. The maximum absolute atomic E-state index is 12.2. The number of hydrogen-bond donors (Lipinski definition) is 2. The Kier molecular flexibility index (Phi) is 5.38. The number of carboxylic acids is 1. The van der Waals surface area contributed by atoms with Crippen molar-refractivity contribution in [3.63, 3.8) is 0 Å². The molecule has 0 radical (unpaired) electrons. The Morgan fingerprint density at radius 3 is 2.05 bits per heavy atom. The molecule has 0 saturated carbocycles. The molecular weight excluding hydrogens is 296 g/mol. The Hall–Kier alpha value is -1.15. The lowest BCUT2D eigenvalue weighted by molar-refractivity contribution is -0.145. The first kappa shape index (κ1) is 17.9. The maximum atomic E-state index is 12.2. The largest absolute Gasteiger partial charge is 0.480 e. The standard InChI is InChI=1S/C13H24N2O5S/c1-13(2,3)10(12(17)18)14-11(16)9-5-7-15(8-6-9)21(4,19)20/h9-10H,5-8H2,1-4H3,(H,14,16)(H,17,18)/t10-/m1/s1. The minimum atomic E-state index is -3.23. The number of aliphatic carboxylic acids is 1. The molecule has 0 aromatic heterocycles. The van der Waals surface area contributed by atoms with E-state index in [0.29, 0.717) is 25.9 Å². The van der Waals surface area contributed by atoms with Crippen molar-refractivity contribution in [2.75, 3.05) is 19.3 Å². The normalized spacial score (nSPS) is 20.0. The van der Waals surface area contributed by atoms with Gasteiger partial charge in [-0.05, 0) is 18.3 Å². The lowest BCUT2D eigenvalue weighted by Gasteiger charge is -2.32. The van der Waals surface area contributed by atoms with Crippen molar-refractivity contribution < 1.29 is 23.1 Å². The zero-order valence-corrected chi connectivity index (χ0v) is 13.7. The van der Waals surface area contributed by atoms with Gasteiger partial charge in [-0.3, -0.25) is 4.79 Å². The number of nitrogens with zero attached hydrogens (tertiary/aromatic N) is 1. The molecule has 21 heavy (non-hydrogen) atoms. The van der Waals surface area contributed by atoms with Gasteiger partial charge in [0.1, 0.15) is 6.04 Å². The van der Waals surface area contributed by atoms with E-state index in [9.17, 15) is 23.1 Å². The first-order valence-electron chi connectivity index (χ1n) is 6.91. The van der Waals surface area contributed by atoms with Gasteiger partial charge >= 0.3 is 5.97 Å². The average Bonchev–Trinajstić information content (AvgIpc) is 2.33. The number of carbonyl (C=O) groups excluding carboxylic acids is 1. The predicted molar refractivity (Wildman–Crippen MR) is 78.2 cm³/mol. The van der Waals surface area contributed by atoms with E-state index in [1.54, 1.807) is 20.8 Å². The molecule has 1 saturated heterocycles. The van der Waals surface area contributed by atoms with Gasteiger partial charge < -0.3 is 10.4 Å². The highest BCUT2D eigenvalue weighted by Crippen LogP contribution is 2.23. The molecule has 1 fully saturated rings. The molecule has 1 atom stereocenters. The van der Waals surface area contributed by atoms with Crippen LogP contribution in [0.2, 0.25) is 0 Å². The van der Waals surface area contributed by atoms with Crippen LogP contribution in [0, 0.1) is 11.3 Å². The van der Waals surface area contributed by atoms with Crippen LogP contribution in [0.1, 0.15) is 33.6 Å². The van der Waals surface area contributed by atoms with Gasteiger partial charge in [0.2, 0.25) is 15.9 Å². The van der Waals surface area contributed by atoms with Crippen molar-refractivity contribution in [1.82, 2.24) is 9.62 Å². The summed E-state index contributed by atoms with van der Waals surface area (Å²) >= 11 is 0. The Bertz CT molecular complexity index is 501. The second-order valence-corrected chi connectivity index (χ2v) is 8.56. The van der Waals surface area contributed by atoms with Gasteiger partial charge in [-0.2, -0.15) is 0 Å². The smallest absolute Gasteiger partial charge is 0.326 e. The molecule has 0 aliphatic carbocycles. The molecule has 8 heteroatoms. The molecule has 0 aromatic carbocycles. The van der Waals surface area contributed by atoms with Crippen LogP contribution in [-0.4, -0.2) is 55.1 Å². The number of carbonyl (C=O) groups is 2. The fourth-order valence-corrected chi connectivity index (χ4v) is 3.23. The molecule has 1 aliphatic rings. The number of hydrogen-bond acceptors (Lipinski definition) is 4. The van der Waals surface area contributed by atoms with Crippen LogP contribution in [-0.2, 0) is 19.6 Å². The maximum Gasteiger partial charge on any atom is 0.326 e. The highest BCUT2D eigenvalue weighted by molar-refractivity contribution is 7.88. The van der Waals surface area contributed by atoms with Crippen LogP contribution in [0.15, 0.2) is 0 Å². The molecule has 1 heterocycles. The van der Waals surface area contributed by atoms with E-state index in [4.69, 9.17) is 0 Å². The second kappa shape index (κ2) is 6.31. The molecule has 0 unspecified atom stereocenters. The third-order valence-corrected chi connectivity index (χ3v) is 5.00. The molecule has 1 rings (SSSR count). The van der Waals surface area contributed by atoms with Gasteiger partial charge in [0.25, 0.3) is 0 Å². The lowest BCUT2D eigenvalue weighted by atomic mass is 9.86. The van der Waals surface area contributed by atoms with E-state index in [1.165, 1.54) is 4.31 Å². The van der Waals surface area contributed by atoms with Crippen molar-refractivity contribution in [3.8, 4) is 0 Å². The van der Waals surface area contributed by atoms with E-state index in [0.717, 1.165) is 6.26 Å². The minimum absolute atomic E-state index is 0.296. The molecule has 122 valence electrons. The number of piperidine rings is 1. The van der Waals surface area contributed by atoms with Gasteiger partial charge in [-0.1, -0.05) is 20.8 Å². The molecule has 1 amide bonds. The lowest BCUT2D eigenvalue weighted by Crippen LogP contribution is -2.52. The summed E-state index contributed by atoms with van der Waals surface area (Å²) < 4.78 is 24.2. The van der Waals surface area contributed by atoms with Crippen LogP contribution >= 0.6 is 0 Å². The zero-order chi connectivity index (χ0) is 16.4.